The number of nitrogens with zero attached hydrogens (tertiary/aromatic N) is 2. The van der Waals surface area contributed by atoms with Crippen molar-refractivity contribution in [2.75, 3.05) is 4.90 Å². The van der Waals surface area contributed by atoms with Crippen LogP contribution in [-0.2, 0) is 0 Å². The van der Waals surface area contributed by atoms with E-state index in [4.69, 9.17) is 32.1 Å². The van der Waals surface area contributed by atoms with E-state index in [9.17, 15) is 9.59 Å². The Bertz CT molecular complexity index is 1340. The van der Waals surface area contributed by atoms with Crippen LogP contribution in [-0.4, -0.2) is 11.1 Å². The van der Waals surface area contributed by atoms with Gasteiger partial charge < -0.3 is 8.94 Å². The summed E-state index contributed by atoms with van der Waals surface area (Å²) < 4.78 is 11.0. The third kappa shape index (κ3) is 2.68. The Morgan fingerprint density at radius 1 is 1.07 bits per heavy atom. The van der Waals surface area contributed by atoms with E-state index in [2.05, 4.69) is 5.16 Å². The number of hydrogen-bond donors (Lipinski definition) is 0. The molecular formula is C21H12Cl2N2O4. The Labute approximate surface area is 174 Å². The zero-order valence-corrected chi connectivity index (χ0v) is 16.5. The molecule has 0 saturated carbocycles. The van der Waals surface area contributed by atoms with Crippen LogP contribution in [0, 0.1) is 6.92 Å². The molecule has 0 bridgehead atoms. The molecule has 1 unspecified atom stereocenters. The van der Waals surface area contributed by atoms with E-state index in [-0.39, 0.29) is 32.7 Å². The molecule has 0 spiro atoms. The lowest BCUT2D eigenvalue weighted by molar-refractivity contribution is 0.0969. The maximum atomic E-state index is 13.4. The summed E-state index contributed by atoms with van der Waals surface area (Å²) in [7, 11) is 0. The Hall–Kier alpha value is -3.09. The first-order valence-electron chi connectivity index (χ1n) is 8.73. The molecule has 0 aliphatic carbocycles. The lowest BCUT2D eigenvalue weighted by atomic mass is 9.98. The summed E-state index contributed by atoms with van der Waals surface area (Å²) in [6, 6.07) is 13.1. The molecule has 29 heavy (non-hydrogen) atoms. The third-order valence-corrected chi connectivity index (χ3v) is 5.37. The van der Waals surface area contributed by atoms with Crippen LogP contribution >= 0.6 is 23.2 Å². The molecule has 6 nitrogen and oxygen atoms in total. The number of carbonyl (C=O) groups excluding carboxylic acids is 1. The van der Waals surface area contributed by atoms with Crippen molar-refractivity contribution in [1.29, 1.82) is 0 Å². The highest BCUT2D eigenvalue weighted by Crippen LogP contribution is 2.41. The van der Waals surface area contributed by atoms with Crippen LogP contribution in [0.25, 0.3) is 11.0 Å². The van der Waals surface area contributed by atoms with E-state index in [0.717, 1.165) is 5.56 Å². The number of anilines is 1. The van der Waals surface area contributed by atoms with Gasteiger partial charge in [-0.3, -0.25) is 14.5 Å². The minimum absolute atomic E-state index is 0.0683. The van der Waals surface area contributed by atoms with Gasteiger partial charge in [-0.05, 0) is 24.6 Å². The molecule has 1 aliphatic rings. The molecule has 2 aromatic carbocycles. The minimum Gasteiger partial charge on any atom is -0.449 e. The molecular weight excluding hydrogens is 415 g/mol. The van der Waals surface area contributed by atoms with E-state index < -0.39 is 11.9 Å². The number of benzene rings is 2. The SMILES string of the molecule is Cc1cc(N2C(=O)c3oc4c(Cl)cc(Cl)cc4c(=O)c3C2c2ccccc2)no1. The van der Waals surface area contributed by atoms with Gasteiger partial charge in [0.2, 0.25) is 5.76 Å². The van der Waals surface area contributed by atoms with Gasteiger partial charge in [-0.25, -0.2) is 0 Å². The van der Waals surface area contributed by atoms with E-state index in [1.54, 1.807) is 13.0 Å². The smallest absolute Gasteiger partial charge is 0.296 e. The van der Waals surface area contributed by atoms with Crippen LogP contribution in [0.15, 0.2) is 62.3 Å². The van der Waals surface area contributed by atoms with E-state index in [0.29, 0.717) is 16.6 Å². The second-order valence-corrected chi connectivity index (χ2v) is 7.57. The van der Waals surface area contributed by atoms with Gasteiger partial charge in [-0.2, -0.15) is 0 Å². The number of amides is 1. The second kappa shape index (κ2) is 6.47. The standard InChI is InChI=1S/C21H12Cl2N2O4/c1-10-7-15(24-29-10)25-17(11-5-3-2-4-6-11)16-18(26)13-8-12(22)9-14(23)19(13)28-20(16)21(25)27/h2-9,17H,1H3. The molecule has 1 aliphatic heterocycles. The highest BCUT2D eigenvalue weighted by molar-refractivity contribution is 6.38. The van der Waals surface area contributed by atoms with Crippen molar-refractivity contribution >= 4 is 45.9 Å². The van der Waals surface area contributed by atoms with Gasteiger partial charge in [0.05, 0.1) is 22.0 Å². The number of rotatable bonds is 2. The Morgan fingerprint density at radius 2 is 1.83 bits per heavy atom. The van der Waals surface area contributed by atoms with Gasteiger partial charge in [-0.15, -0.1) is 0 Å². The highest BCUT2D eigenvalue weighted by Gasteiger charge is 2.45. The highest BCUT2D eigenvalue weighted by atomic mass is 35.5. The summed E-state index contributed by atoms with van der Waals surface area (Å²) >= 11 is 12.3. The van der Waals surface area contributed by atoms with Gasteiger partial charge in [-0.1, -0.05) is 58.7 Å². The first-order valence-corrected chi connectivity index (χ1v) is 9.49. The van der Waals surface area contributed by atoms with E-state index in [1.807, 2.05) is 30.3 Å². The zero-order chi connectivity index (χ0) is 20.3. The predicted octanol–water partition coefficient (Wildman–Crippen LogP) is 5.15. The summed E-state index contributed by atoms with van der Waals surface area (Å²) in [5, 5.41) is 4.66. The number of carbonyl (C=O) groups is 1. The summed E-state index contributed by atoms with van der Waals surface area (Å²) in [6.07, 6.45) is 0. The van der Waals surface area contributed by atoms with Gasteiger partial charge in [0.1, 0.15) is 5.76 Å². The fraction of sp³-hybridized carbons (Fsp3) is 0.0952. The summed E-state index contributed by atoms with van der Waals surface area (Å²) in [5.74, 6) is 0.267. The Balaban J connectivity index is 1.86. The zero-order valence-electron chi connectivity index (χ0n) is 15.0. The maximum absolute atomic E-state index is 13.4. The van der Waals surface area contributed by atoms with Crippen LogP contribution in [0.5, 0.6) is 0 Å². The third-order valence-electron chi connectivity index (χ3n) is 4.87. The molecule has 1 amide bonds. The number of aromatic nitrogens is 1. The summed E-state index contributed by atoms with van der Waals surface area (Å²) in [5.41, 5.74) is 0.710. The van der Waals surface area contributed by atoms with Gasteiger partial charge >= 0.3 is 0 Å². The second-order valence-electron chi connectivity index (χ2n) is 6.72. The maximum Gasteiger partial charge on any atom is 0.296 e. The van der Waals surface area contributed by atoms with Crippen LogP contribution in [0.1, 0.15) is 33.5 Å². The van der Waals surface area contributed by atoms with Crippen molar-refractivity contribution in [3.05, 3.63) is 91.4 Å². The first kappa shape index (κ1) is 18.0. The predicted molar refractivity (Wildman–Crippen MR) is 109 cm³/mol. The number of hydrogen-bond acceptors (Lipinski definition) is 5. The summed E-state index contributed by atoms with van der Waals surface area (Å²) in [4.78, 5) is 28.1. The number of fused-ring (bicyclic) bond motifs is 2. The van der Waals surface area contributed by atoms with Gasteiger partial charge in [0.15, 0.2) is 16.8 Å². The topological polar surface area (TPSA) is 76.6 Å². The average Bonchev–Trinajstić information content (AvgIpc) is 3.25. The van der Waals surface area contributed by atoms with E-state index >= 15 is 0 Å². The van der Waals surface area contributed by atoms with Crippen molar-refractivity contribution in [2.45, 2.75) is 13.0 Å². The van der Waals surface area contributed by atoms with E-state index in [1.165, 1.54) is 17.0 Å². The monoisotopic (exact) mass is 426 g/mol. The van der Waals surface area contributed by atoms with Crippen LogP contribution < -0.4 is 10.3 Å². The van der Waals surface area contributed by atoms with Crippen molar-refractivity contribution in [2.24, 2.45) is 0 Å². The molecule has 2 aromatic heterocycles. The molecule has 8 heteroatoms. The average molecular weight is 427 g/mol. The largest absolute Gasteiger partial charge is 0.449 e. The molecule has 0 fully saturated rings. The molecule has 1 atom stereocenters. The fourth-order valence-electron chi connectivity index (χ4n) is 3.66. The number of halogens is 2. The fourth-order valence-corrected chi connectivity index (χ4v) is 4.19. The van der Waals surface area contributed by atoms with Crippen molar-refractivity contribution < 1.29 is 13.7 Å². The van der Waals surface area contributed by atoms with Crippen LogP contribution in [0.3, 0.4) is 0 Å². The molecule has 4 aromatic rings. The Kier molecular flexibility index (Phi) is 4.01. The van der Waals surface area contributed by atoms with Crippen molar-refractivity contribution in [3.8, 4) is 0 Å². The van der Waals surface area contributed by atoms with Crippen molar-refractivity contribution in [3.63, 3.8) is 0 Å². The molecule has 3 heterocycles. The lowest BCUT2D eigenvalue weighted by Gasteiger charge is -2.22. The normalized spacial score (nSPS) is 15.9. The van der Waals surface area contributed by atoms with Crippen molar-refractivity contribution in [1.82, 2.24) is 5.16 Å². The quantitative estimate of drug-likeness (QED) is 0.443. The first-order chi connectivity index (χ1) is 14.0. The minimum atomic E-state index is -0.721. The molecule has 0 saturated heterocycles. The van der Waals surface area contributed by atoms with Gasteiger partial charge in [0, 0.05) is 11.1 Å². The van der Waals surface area contributed by atoms with Gasteiger partial charge in [0.25, 0.3) is 5.91 Å². The molecule has 0 N–H and O–H groups in total. The number of aryl methyl sites for hydroxylation is 1. The molecule has 0 radical (unpaired) electrons. The summed E-state index contributed by atoms with van der Waals surface area (Å²) in [6.45, 7) is 1.72. The Morgan fingerprint density at radius 3 is 2.52 bits per heavy atom. The van der Waals surface area contributed by atoms with Crippen LogP contribution in [0.4, 0.5) is 5.82 Å². The molecule has 144 valence electrons. The lowest BCUT2D eigenvalue weighted by Crippen LogP contribution is -2.29. The molecule has 5 rings (SSSR count). The van der Waals surface area contributed by atoms with Crippen LogP contribution in [0.2, 0.25) is 10.0 Å².